The van der Waals surface area contributed by atoms with Crippen LogP contribution in [0.4, 0.5) is 5.69 Å². The maximum atomic E-state index is 8.76. The van der Waals surface area contributed by atoms with Gasteiger partial charge in [0.25, 0.3) is 0 Å². The molecule has 0 amide bonds. The first-order chi connectivity index (χ1) is 10.7. The van der Waals surface area contributed by atoms with Crippen LogP contribution in [0.25, 0.3) is 0 Å². The summed E-state index contributed by atoms with van der Waals surface area (Å²) >= 11 is 0. The van der Waals surface area contributed by atoms with E-state index in [1.54, 1.807) is 18.3 Å². The quantitative estimate of drug-likeness (QED) is 0.722. The highest BCUT2D eigenvalue weighted by Gasteiger charge is 2.00. The molecule has 0 saturated heterocycles. The number of hydrogen-bond donors (Lipinski definition) is 0. The van der Waals surface area contributed by atoms with Gasteiger partial charge in [-0.05, 0) is 47.9 Å². The van der Waals surface area contributed by atoms with E-state index >= 15 is 0 Å². The molecule has 0 aliphatic carbocycles. The summed E-state index contributed by atoms with van der Waals surface area (Å²) in [5.74, 6) is 1.44. The fraction of sp³-hybridized carbons (Fsp3) is 0.263. The largest absolute Gasteiger partial charge is 0.493 e. The molecule has 0 unspecified atom stereocenters. The van der Waals surface area contributed by atoms with E-state index in [9.17, 15) is 0 Å². The molecule has 2 aromatic rings. The molecule has 0 N–H and O–H groups in total. The third kappa shape index (κ3) is 4.75. The monoisotopic (exact) mass is 292 g/mol. The Morgan fingerprint density at radius 1 is 1.14 bits per heavy atom. The highest BCUT2D eigenvalue weighted by Crippen LogP contribution is 2.19. The van der Waals surface area contributed by atoms with Crippen molar-refractivity contribution in [1.29, 1.82) is 5.26 Å². The Bertz CT molecular complexity index is 651. The highest BCUT2D eigenvalue weighted by atomic mass is 16.5. The summed E-state index contributed by atoms with van der Waals surface area (Å²) in [5.41, 5.74) is 2.50. The van der Waals surface area contributed by atoms with Gasteiger partial charge in [0.05, 0.1) is 23.9 Å². The molecule has 0 heterocycles. The van der Waals surface area contributed by atoms with Gasteiger partial charge in [-0.25, -0.2) is 0 Å². The van der Waals surface area contributed by atoms with Crippen LogP contribution in [0.3, 0.4) is 0 Å². The van der Waals surface area contributed by atoms with Crippen molar-refractivity contribution in [2.24, 2.45) is 10.9 Å². The third-order valence-electron chi connectivity index (χ3n) is 3.47. The minimum atomic E-state index is 0.564. The third-order valence-corrected chi connectivity index (χ3v) is 3.47. The fourth-order valence-corrected chi connectivity index (χ4v) is 1.78. The Morgan fingerprint density at radius 2 is 1.82 bits per heavy atom. The number of hydrogen-bond acceptors (Lipinski definition) is 3. The van der Waals surface area contributed by atoms with E-state index in [4.69, 9.17) is 10.00 Å². The van der Waals surface area contributed by atoms with Crippen molar-refractivity contribution in [3.63, 3.8) is 0 Å². The Balaban J connectivity index is 1.95. The second kappa shape index (κ2) is 7.99. The molecule has 0 spiro atoms. The van der Waals surface area contributed by atoms with E-state index in [1.807, 2.05) is 36.4 Å². The SMILES string of the molecule is CC[C@@H](C)COc1ccc(N=Cc2ccc(C#N)cc2)cc1. The minimum absolute atomic E-state index is 0.564. The van der Waals surface area contributed by atoms with Crippen LogP contribution in [-0.2, 0) is 0 Å². The molecular formula is C19H20N2O. The normalized spacial score (nSPS) is 12.0. The topological polar surface area (TPSA) is 45.4 Å². The van der Waals surface area contributed by atoms with Crippen LogP contribution in [0.2, 0.25) is 0 Å². The highest BCUT2D eigenvalue weighted by molar-refractivity contribution is 5.82. The zero-order chi connectivity index (χ0) is 15.8. The van der Waals surface area contributed by atoms with Crippen molar-refractivity contribution in [3.8, 4) is 11.8 Å². The molecular weight excluding hydrogens is 272 g/mol. The van der Waals surface area contributed by atoms with Gasteiger partial charge in [0.2, 0.25) is 0 Å². The standard InChI is InChI=1S/C19H20N2O/c1-3-15(2)14-22-19-10-8-18(9-11-19)21-13-17-6-4-16(12-20)5-7-17/h4-11,13,15H,3,14H2,1-2H3/t15-/m1/s1. The van der Waals surface area contributed by atoms with Crippen LogP contribution in [0.1, 0.15) is 31.4 Å². The van der Waals surface area contributed by atoms with Crippen LogP contribution in [-0.4, -0.2) is 12.8 Å². The Kier molecular flexibility index (Phi) is 5.73. The van der Waals surface area contributed by atoms with E-state index in [2.05, 4.69) is 24.9 Å². The molecule has 2 rings (SSSR count). The zero-order valence-corrected chi connectivity index (χ0v) is 13.0. The lowest BCUT2D eigenvalue weighted by atomic mass is 10.1. The molecule has 3 heteroatoms. The lowest BCUT2D eigenvalue weighted by molar-refractivity contribution is 0.256. The van der Waals surface area contributed by atoms with E-state index in [-0.39, 0.29) is 0 Å². The molecule has 3 nitrogen and oxygen atoms in total. The fourth-order valence-electron chi connectivity index (χ4n) is 1.78. The molecule has 0 aliphatic heterocycles. The number of nitriles is 1. The summed E-state index contributed by atoms with van der Waals surface area (Å²) in [6.07, 6.45) is 2.91. The second-order valence-corrected chi connectivity index (χ2v) is 5.31. The first-order valence-electron chi connectivity index (χ1n) is 7.48. The lowest BCUT2D eigenvalue weighted by Crippen LogP contribution is -2.06. The van der Waals surface area contributed by atoms with Gasteiger partial charge in [-0.2, -0.15) is 5.26 Å². The second-order valence-electron chi connectivity index (χ2n) is 5.31. The van der Waals surface area contributed by atoms with Crippen LogP contribution in [0.5, 0.6) is 5.75 Å². The predicted octanol–water partition coefficient (Wildman–Crippen LogP) is 4.73. The summed E-state index contributed by atoms with van der Waals surface area (Å²) < 4.78 is 5.72. The van der Waals surface area contributed by atoms with Gasteiger partial charge in [-0.3, -0.25) is 4.99 Å². The van der Waals surface area contributed by atoms with Crippen molar-refractivity contribution in [1.82, 2.24) is 0 Å². The molecule has 0 aliphatic rings. The van der Waals surface area contributed by atoms with Gasteiger partial charge in [-0.1, -0.05) is 32.4 Å². The Hall–Kier alpha value is -2.60. The molecule has 0 radical (unpaired) electrons. The van der Waals surface area contributed by atoms with Crippen LogP contribution >= 0.6 is 0 Å². The lowest BCUT2D eigenvalue weighted by Gasteiger charge is -2.10. The van der Waals surface area contributed by atoms with Crippen molar-refractivity contribution >= 4 is 11.9 Å². The van der Waals surface area contributed by atoms with Crippen molar-refractivity contribution in [3.05, 3.63) is 59.7 Å². The number of rotatable bonds is 6. The molecule has 0 bridgehead atoms. The summed E-state index contributed by atoms with van der Waals surface area (Å²) in [7, 11) is 0. The smallest absolute Gasteiger partial charge is 0.119 e. The maximum absolute atomic E-state index is 8.76. The first-order valence-corrected chi connectivity index (χ1v) is 7.48. The molecule has 0 aromatic heterocycles. The van der Waals surface area contributed by atoms with Crippen molar-refractivity contribution < 1.29 is 4.74 Å². The van der Waals surface area contributed by atoms with Gasteiger partial charge in [-0.15, -0.1) is 0 Å². The Morgan fingerprint density at radius 3 is 2.41 bits per heavy atom. The predicted molar refractivity (Wildman–Crippen MR) is 89.8 cm³/mol. The molecule has 22 heavy (non-hydrogen) atoms. The van der Waals surface area contributed by atoms with Crippen LogP contribution in [0.15, 0.2) is 53.5 Å². The average Bonchev–Trinajstić information content (AvgIpc) is 2.59. The van der Waals surface area contributed by atoms with E-state index < -0.39 is 0 Å². The molecule has 2 aromatic carbocycles. The first kappa shape index (κ1) is 15.8. The molecule has 112 valence electrons. The van der Waals surface area contributed by atoms with Gasteiger partial charge < -0.3 is 4.74 Å². The molecule has 0 fully saturated rings. The van der Waals surface area contributed by atoms with Gasteiger partial charge >= 0.3 is 0 Å². The zero-order valence-electron chi connectivity index (χ0n) is 13.0. The van der Waals surface area contributed by atoms with Crippen LogP contribution < -0.4 is 4.74 Å². The minimum Gasteiger partial charge on any atom is -0.493 e. The van der Waals surface area contributed by atoms with E-state index in [0.717, 1.165) is 30.0 Å². The van der Waals surface area contributed by atoms with Crippen molar-refractivity contribution in [2.75, 3.05) is 6.61 Å². The summed E-state index contributed by atoms with van der Waals surface area (Å²) in [6, 6.07) is 17.2. The van der Waals surface area contributed by atoms with E-state index in [1.165, 1.54) is 0 Å². The molecule has 1 atom stereocenters. The van der Waals surface area contributed by atoms with Crippen molar-refractivity contribution in [2.45, 2.75) is 20.3 Å². The number of nitrogens with zero attached hydrogens (tertiary/aromatic N) is 2. The van der Waals surface area contributed by atoms with Crippen LogP contribution in [0, 0.1) is 17.2 Å². The van der Waals surface area contributed by atoms with Gasteiger partial charge in [0.15, 0.2) is 0 Å². The average molecular weight is 292 g/mol. The summed E-state index contributed by atoms with van der Waals surface area (Å²) in [4.78, 5) is 4.42. The van der Waals surface area contributed by atoms with Gasteiger partial charge in [0, 0.05) is 6.21 Å². The van der Waals surface area contributed by atoms with Gasteiger partial charge in [0.1, 0.15) is 5.75 Å². The summed E-state index contributed by atoms with van der Waals surface area (Å²) in [5, 5.41) is 8.76. The maximum Gasteiger partial charge on any atom is 0.119 e. The summed E-state index contributed by atoms with van der Waals surface area (Å²) in [6.45, 7) is 5.08. The van der Waals surface area contributed by atoms with E-state index in [0.29, 0.717) is 11.5 Å². The Labute approximate surface area is 131 Å². The number of ether oxygens (including phenoxy) is 1. The molecule has 0 saturated carbocycles. The number of benzene rings is 2. The number of aliphatic imine (C=N–C) groups is 1.